The lowest BCUT2D eigenvalue weighted by molar-refractivity contribution is -0.120. The largest absolute Gasteiger partial charge is 0.497 e. The van der Waals surface area contributed by atoms with Crippen LogP contribution in [0.5, 0.6) is 5.75 Å². The van der Waals surface area contributed by atoms with E-state index in [1.807, 2.05) is 53.4 Å². The van der Waals surface area contributed by atoms with Gasteiger partial charge in [-0.05, 0) is 37.1 Å². The molecule has 7 nitrogen and oxygen atoms in total. The van der Waals surface area contributed by atoms with Crippen molar-refractivity contribution < 1.29 is 9.53 Å². The summed E-state index contributed by atoms with van der Waals surface area (Å²) in [5.74, 6) is 0.677. The summed E-state index contributed by atoms with van der Waals surface area (Å²) >= 11 is 1.54. The lowest BCUT2D eigenvalue weighted by atomic mass is 9.97. The zero-order chi connectivity index (χ0) is 18.6. The summed E-state index contributed by atoms with van der Waals surface area (Å²) in [7, 11) is 1.62. The minimum Gasteiger partial charge on any atom is -0.497 e. The van der Waals surface area contributed by atoms with Crippen molar-refractivity contribution in [3.8, 4) is 10.9 Å². The van der Waals surface area contributed by atoms with Crippen LogP contribution in [0.15, 0.2) is 48.8 Å². The van der Waals surface area contributed by atoms with Crippen molar-refractivity contribution in [2.75, 3.05) is 30.4 Å². The fourth-order valence-corrected chi connectivity index (χ4v) is 4.06. The number of ether oxygens (including phenoxy) is 1. The van der Waals surface area contributed by atoms with E-state index in [4.69, 9.17) is 4.74 Å². The molecule has 0 spiro atoms. The highest BCUT2D eigenvalue weighted by Gasteiger charge is 2.28. The highest BCUT2D eigenvalue weighted by molar-refractivity contribution is 7.17. The van der Waals surface area contributed by atoms with Gasteiger partial charge in [0.25, 0.3) is 0 Å². The Hall–Kier alpha value is -2.87. The quantitative estimate of drug-likeness (QED) is 0.733. The van der Waals surface area contributed by atoms with Gasteiger partial charge in [-0.2, -0.15) is 0 Å². The molecule has 1 fully saturated rings. The lowest BCUT2D eigenvalue weighted by Crippen LogP contribution is -2.40. The van der Waals surface area contributed by atoms with Crippen molar-refractivity contribution in [3.63, 3.8) is 0 Å². The Kier molecular flexibility index (Phi) is 5.06. The normalized spacial score (nSPS) is 16.9. The average Bonchev–Trinajstić information content (AvgIpc) is 3.40. The second kappa shape index (κ2) is 7.79. The van der Waals surface area contributed by atoms with E-state index >= 15 is 0 Å². The van der Waals surface area contributed by atoms with Crippen molar-refractivity contribution in [2.24, 2.45) is 5.92 Å². The van der Waals surface area contributed by atoms with Gasteiger partial charge < -0.3 is 15.0 Å². The molecule has 2 aromatic heterocycles. The number of rotatable bonds is 5. The Balaban J connectivity index is 1.42. The Morgan fingerprint density at radius 2 is 2.04 bits per heavy atom. The first-order valence-corrected chi connectivity index (χ1v) is 9.71. The molecule has 1 N–H and O–H groups in total. The zero-order valence-corrected chi connectivity index (χ0v) is 15.9. The van der Waals surface area contributed by atoms with Crippen LogP contribution in [-0.2, 0) is 4.79 Å². The number of anilines is 2. The van der Waals surface area contributed by atoms with Gasteiger partial charge in [0.15, 0.2) is 0 Å². The highest BCUT2D eigenvalue weighted by Crippen LogP contribution is 2.28. The van der Waals surface area contributed by atoms with Crippen LogP contribution in [0.1, 0.15) is 12.8 Å². The van der Waals surface area contributed by atoms with Gasteiger partial charge in [0.1, 0.15) is 5.75 Å². The van der Waals surface area contributed by atoms with Crippen LogP contribution in [0, 0.1) is 5.92 Å². The Morgan fingerprint density at radius 3 is 2.85 bits per heavy atom. The summed E-state index contributed by atoms with van der Waals surface area (Å²) in [5.41, 5.74) is 0.752. The predicted octanol–water partition coefficient (Wildman–Crippen LogP) is 3.19. The van der Waals surface area contributed by atoms with E-state index in [2.05, 4.69) is 20.4 Å². The zero-order valence-electron chi connectivity index (χ0n) is 15.0. The van der Waals surface area contributed by atoms with Crippen molar-refractivity contribution in [1.82, 2.24) is 14.8 Å². The van der Waals surface area contributed by atoms with Crippen LogP contribution in [0.4, 0.5) is 10.8 Å². The lowest BCUT2D eigenvalue weighted by Gasteiger charge is -2.31. The van der Waals surface area contributed by atoms with Crippen molar-refractivity contribution in [1.29, 1.82) is 0 Å². The average molecular weight is 383 g/mol. The third kappa shape index (κ3) is 3.95. The van der Waals surface area contributed by atoms with E-state index in [0.29, 0.717) is 6.54 Å². The van der Waals surface area contributed by atoms with Crippen molar-refractivity contribution in [3.05, 3.63) is 48.8 Å². The van der Waals surface area contributed by atoms with E-state index in [1.165, 1.54) is 11.3 Å². The number of piperidine rings is 1. The minimum absolute atomic E-state index is 0.0306. The molecular formula is C19H21N5O2S. The highest BCUT2D eigenvalue weighted by atomic mass is 32.1. The molecule has 27 heavy (non-hydrogen) atoms. The molecule has 0 radical (unpaired) electrons. The number of carbonyl (C=O) groups is 1. The Morgan fingerprint density at radius 1 is 1.22 bits per heavy atom. The molecule has 1 atom stereocenters. The molecule has 4 rings (SSSR count). The Bertz CT molecular complexity index is 908. The van der Waals surface area contributed by atoms with Crippen LogP contribution >= 0.6 is 11.3 Å². The fourth-order valence-electron chi connectivity index (χ4n) is 3.21. The van der Waals surface area contributed by atoms with Gasteiger partial charge in [-0.1, -0.05) is 17.4 Å². The van der Waals surface area contributed by atoms with Gasteiger partial charge in [0.2, 0.25) is 16.2 Å². The first-order chi connectivity index (χ1) is 13.2. The SMILES string of the molecule is COc1cccc(NC(=O)[C@@H]2CCCN(c3nnc(-n4cccc4)s3)C2)c1. The Labute approximate surface area is 161 Å². The molecule has 0 aliphatic carbocycles. The molecule has 0 unspecified atom stereocenters. The standard InChI is InChI=1S/C19H21N5O2S/c1-26-16-8-4-7-15(12-16)20-17(25)14-6-5-11-24(13-14)19-22-21-18(27-19)23-9-2-3-10-23/h2-4,7-10,12,14H,5-6,11,13H2,1H3,(H,20,25)/t14-/m1/s1. The molecule has 3 aromatic rings. The van der Waals surface area contributed by atoms with Crippen molar-refractivity contribution in [2.45, 2.75) is 12.8 Å². The maximum absolute atomic E-state index is 12.7. The summed E-state index contributed by atoms with van der Waals surface area (Å²) in [6.45, 7) is 1.54. The number of nitrogens with one attached hydrogen (secondary N) is 1. The minimum atomic E-state index is -0.0797. The number of amides is 1. The number of nitrogens with zero attached hydrogens (tertiary/aromatic N) is 4. The first-order valence-electron chi connectivity index (χ1n) is 8.89. The van der Waals surface area contributed by atoms with Crippen molar-refractivity contribution >= 4 is 28.1 Å². The third-order valence-corrected chi connectivity index (χ3v) is 5.63. The summed E-state index contributed by atoms with van der Waals surface area (Å²) in [6, 6.07) is 11.3. The third-order valence-electron chi connectivity index (χ3n) is 4.63. The van der Waals surface area contributed by atoms with E-state index < -0.39 is 0 Å². The van der Waals surface area contributed by atoms with E-state index in [9.17, 15) is 4.79 Å². The van der Waals surface area contributed by atoms with Gasteiger partial charge in [0, 0.05) is 37.2 Å². The molecule has 0 bridgehead atoms. The molecule has 1 aliphatic rings. The second-order valence-corrected chi connectivity index (χ2v) is 7.40. The molecule has 140 valence electrons. The number of carbonyl (C=O) groups excluding carboxylic acids is 1. The number of methoxy groups -OCH3 is 1. The summed E-state index contributed by atoms with van der Waals surface area (Å²) in [4.78, 5) is 14.9. The monoisotopic (exact) mass is 383 g/mol. The van der Waals surface area contributed by atoms with Crippen LogP contribution < -0.4 is 15.0 Å². The molecule has 1 saturated heterocycles. The van der Waals surface area contributed by atoms with Gasteiger partial charge >= 0.3 is 0 Å². The topological polar surface area (TPSA) is 72.3 Å². The fraction of sp³-hybridized carbons (Fsp3) is 0.316. The van der Waals surface area contributed by atoms with Crippen LogP contribution in [-0.4, -0.2) is 40.9 Å². The van der Waals surface area contributed by atoms with Crippen LogP contribution in [0.3, 0.4) is 0 Å². The molecule has 0 saturated carbocycles. The van der Waals surface area contributed by atoms with Crippen LogP contribution in [0.25, 0.3) is 5.13 Å². The smallest absolute Gasteiger partial charge is 0.229 e. The molecule has 3 heterocycles. The predicted molar refractivity (Wildman–Crippen MR) is 106 cm³/mol. The molecule has 8 heteroatoms. The maximum atomic E-state index is 12.7. The number of hydrogen-bond donors (Lipinski definition) is 1. The molecule has 1 amide bonds. The summed E-state index contributed by atoms with van der Waals surface area (Å²) < 4.78 is 7.16. The van der Waals surface area contributed by atoms with Gasteiger partial charge in [-0.25, -0.2) is 0 Å². The summed E-state index contributed by atoms with van der Waals surface area (Å²) in [6.07, 6.45) is 5.72. The molecule has 1 aliphatic heterocycles. The van der Waals surface area contributed by atoms with Gasteiger partial charge in [0.05, 0.1) is 13.0 Å². The van der Waals surface area contributed by atoms with E-state index in [1.54, 1.807) is 7.11 Å². The molecular weight excluding hydrogens is 362 g/mol. The molecule has 1 aromatic carbocycles. The number of aromatic nitrogens is 3. The van der Waals surface area contributed by atoms with Crippen LogP contribution in [0.2, 0.25) is 0 Å². The first kappa shape index (κ1) is 17.5. The van der Waals surface area contributed by atoms with E-state index in [0.717, 1.165) is 41.1 Å². The van der Waals surface area contributed by atoms with E-state index in [-0.39, 0.29) is 11.8 Å². The summed E-state index contributed by atoms with van der Waals surface area (Å²) in [5, 5.41) is 13.3. The second-order valence-electron chi connectivity index (χ2n) is 6.46. The van der Waals surface area contributed by atoms with Gasteiger partial charge in [-0.3, -0.25) is 9.36 Å². The maximum Gasteiger partial charge on any atom is 0.229 e. The van der Waals surface area contributed by atoms with Gasteiger partial charge in [-0.15, -0.1) is 10.2 Å². The number of hydrogen-bond acceptors (Lipinski definition) is 6. The number of benzene rings is 1.